The summed E-state index contributed by atoms with van der Waals surface area (Å²) in [6, 6.07) is 0.548. The van der Waals surface area contributed by atoms with Crippen molar-refractivity contribution in [2.24, 2.45) is 0 Å². The molecule has 0 aromatic rings. The molecule has 1 unspecified atom stereocenters. The normalized spacial score (nSPS) is 20.6. The van der Waals surface area contributed by atoms with Gasteiger partial charge in [0, 0.05) is 12.5 Å². The van der Waals surface area contributed by atoms with Crippen LogP contribution in [0.15, 0.2) is 0 Å². The summed E-state index contributed by atoms with van der Waals surface area (Å²) in [5, 5.41) is 0. The van der Waals surface area contributed by atoms with Gasteiger partial charge in [-0.2, -0.15) is 0 Å². The van der Waals surface area contributed by atoms with Crippen LogP contribution in [0.4, 0.5) is 0 Å². The Morgan fingerprint density at radius 1 is 1.05 bits per heavy atom. The maximum absolute atomic E-state index is 11.3. The maximum Gasteiger partial charge on any atom is 0.131 e. The molecule has 0 aliphatic carbocycles. The van der Waals surface area contributed by atoms with Crippen LogP contribution in [-0.2, 0) is 4.79 Å². The van der Waals surface area contributed by atoms with Gasteiger partial charge in [0.05, 0.1) is 0 Å². The first-order valence-electron chi connectivity index (χ1n) is 8.47. The zero-order valence-corrected chi connectivity index (χ0v) is 13.1. The Labute approximate surface area is 119 Å². The molecular formula is C17H33NO. The average molecular weight is 267 g/mol. The van der Waals surface area contributed by atoms with Crippen LogP contribution in [0.2, 0.25) is 0 Å². The number of hydrogen-bond acceptors (Lipinski definition) is 2. The average Bonchev–Trinajstić information content (AvgIpc) is 2.39. The minimum absolute atomic E-state index is 0.358. The number of hydrogen-bond donors (Lipinski definition) is 0. The number of ketones is 1. The van der Waals surface area contributed by atoms with Gasteiger partial charge in [-0.25, -0.2) is 0 Å². The first-order chi connectivity index (χ1) is 9.24. The summed E-state index contributed by atoms with van der Waals surface area (Å²) < 4.78 is 0. The van der Waals surface area contributed by atoms with Gasteiger partial charge < -0.3 is 0 Å². The Hall–Kier alpha value is -0.370. The van der Waals surface area contributed by atoms with E-state index in [0.29, 0.717) is 11.8 Å². The molecule has 1 rings (SSSR count). The molecule has 0 N–H and O–H groups in total. The van der Waals surface area contributed by atoms with Gasteiger partial charge in [0.1, 0.15) is 5.78 Å². The van der Waals surface area contributed by atoms with Gasteiger partial charge in [0.2, 0.25) is 0 Å². The van der Waals surface area contributed by atoms with Crippen molar-refractivity contribution < 1.29 is 4.79 Å². The number of unbranched alkanes of at least 4 members (excludes halogenated alkanes) is 6. The lowest BCUT2D eigenvalue weighted by atomic mass is 9.97. The molecule has 2 nitrogen and oxygen atoms in total. The number of rotatable bonds is 10. The highest BCUT2D eigenvalue weighted by Crippen LogP contribution is 2.20. The molecule has 112 valence electrons. The highest BCUT2D eigenvalue weighted by molar-refractivity contribution is 5.76. The van der Waals surface area contributed by atoms with Crippen molar-refractivity contribution in [3.63, 3.8) is 0 Å². The Balaban J connectivity index is 2.09. The number of Topliss-reactive ketones (excluding diaryl/α,β-unsaturated/α-hetero) is 1. The second kappa shape index (κ2) is 10.4. The van der Waals surface area contributed by atoms with E-state index in [4.69, 9.17) is 0 Å². The number of likely N-dealkylation sites (tertiary alicyclic amines) is 1. The molecule has 0 aromatic carbocycles. The molecule has 0 aromatic heterocycles. The Morgan fingerprint density at radius 3 is 2.42 bits per heavy atom. The van der Waals surface area contributed by atoms with Crippen LogP contribution in [-0.4, -0.2) is 29.8 Å². The molecule has 0 bridgehead atoms. The molecule has 0 saturated carbocycles. The molecule has 1 aliphatic rings. The summed E-state index contributed by atoms with van der Waals surface area (Å²) >= 11 is 0. The molecule has 2 heteroatoms. The quantitative estimate of drug-likeness (QED) is 0.540. The standard InChI is InChI=1S/C17H33NO/c1-3-4-5-6-7-8-10-13-18-14-11-9-12-17(18)15-16(2)19/h17H,3-15H2,1-2H3. The smallest absolute Gasteiger partial charge is 0.131 e. The van der Waals surface area contributed by atoms with Gasteiger partial charge in [-0.15, -0.1) is 0 Å². The van der Waals surface area contributed by atoms with Crippen LogP contribution in [0, 0.1) is 0 Å². The molecule has 1 fully saturated rings. The minimum Gasteiger partial charge on any atom is -0.300 e. The molecule has 0 amide bonds. The van der Waals surface area contributed by atoms with Crippen LogP contribution in [0.3, 0.4) is 0 Å². The van der Waals surface area contributed by atoms with E-state index >= 15 is 0 Å². The number of carbonyl (C=O) groups excluding carboxylic acids is 1. The monoisotopic (exact) mass is 267 g/mol. The van der Waals surface area contributed by atoms with Crippen molar-refractivity contribution in [1.82, 2.24) is 4.90 Å². The fourth-order valence-corrected chi connectivity index (χ4v) is 3.19. The number of carbonyl (C=O) groups is 1. The molecule has 1 heterocycles. The van der Waals surface area contributed by atoms with Gasteiger partial charge in [-0.1, -0.05) is 51.9 Å². The van der Waals surface area contributed by atoms with E-state index in [1.165, 1.54) is 77.3 Å². The topological polar surface area (TPSA) is 20.3 Å². The number of nitrogens with zero attached hydrogens (tertiary/aromatic N) is 1. The summed E-state index contributed by atoms with van der Waals surface area (Å²) in [7, 11) is 0. The first-order valence-corrected chi connectivity index (χ1v) is 8.47. The zero-order chi connectivity index (χ0) is 13.9. The van der Waals surface area contributed by atoms with E-state index in [-0.39, 0.29) is 0 Å². The predicted octanol–water partition coefficient (Wildman–Crippen LogP) is 4.57. The minimum atomic E-state index is 0.358. The van der Waals surface area contributed by atoms with E-state index in [2.05, 4.69) is 11.8 Å². The van der Waals surface area contributed by atoms with Crippen molar-refractivity contribution in [3.05, 3.63) is 0 Å². The Bertz CT molecular complexity index is 239. The van der Waals surface area contributed by atoms with Crippen LogP contribution in [0.1, 0.15) is 84.5 Å². The lowest BCUT2D eigenvalue weighted by Gasteiger charge is -2.35. The highest BCUT2D eigenvalue weighted by atomic mass is 16.1. The first kappa shape index (κ1) is 16.7. The largest absolute Gasteiger partial charge is 0.300 e. The van der Waals surface area contributed by atoms with Gasteiger partial charge in [-0.05, 0) is 39.3 Å². The second-order valence-corrected chi connectivity index (χ2v) is 6.21. The van der Waals surface area contributed by atoms with Gasteiger partial charge in [0.15, 0.2) is 0 Å². The molecule has 1 atom stereocenters. The summed E-state index contributed by atoms with van der Waals surface area (Å²) in [5.74, 6) is 0.358. The Kier molecular flexibility index (Phi) is 9.15. The summed E-state index contributed by atoms with van der Waals surface area (Å²) in [6.45, 7) is 6.44. The van der Waals surface area contributed by atoms with Crippen LogP contribution < -0.4 is 0 Å². The molecule has 19 heavy (non-hydrogen) atoms. The van der Waals surface area contributed by atoms with Crippen molar-refractivity contribution in [2.45, 2.75) is 90.5 Å². The van der Waals surface area contributed by atoms with Crippen molar-refractivity contribution in [2.75, 3.05) is 13.1 Å². The third kappa shape index (κ3) is 7.71. The third-order valence-corrected chi connectivity index (χ3v) is 4.32. The van der Waals surface area contributed by atoms with E-state index < -0.39 is 0 Å². The highest BCUT2D eigenvalue weighted by Gasteiger charge is 2.22. The summed E-state index contributed by atoms with van der Waals surface area (Å²) in [4.78, 5) is 13.9. The predicted molar refractivity (Wildman–Crippen MR) is 82.5 cm³/mol. The van der Waals surface area contributed by atoms with Crippen LogP contribution >= 0.6 is 0 Å². The fourth-order valence-electron chi connectivity index (χ4n) is 3.19. The van der Waals surface area contributed by atoms with E-state index in [9.17, 15) is 4.79 Å². The summed E-state index contributed by atoms with van der Waals surface area (Å²) in [5.41, 5.74) is 0. The molecule has 0 radical (unpaired) electrons. The maximum atomic E-state index is 11.3. The third-order valence-electron chi connectivity index (χ3n) is 4.32. The van der Waals surface area contributed by atoms with E-state index in [1.54, 1.807) is 6.92 Å². The van der Waals surface area contributed by atoms with E-state index in [1.807, 2.05) is 0 Å². The van der Waals surface area contributed by atoms with E-state index in [0.717, 1.165) is 6.42 Å². The van der Waals surface area contributed by atoms with Gasteiger partial charge >= 0.3 is 0 Å². The van der Waals surface area contributed by atoms with Gasteiger partial charge in [0.25, 0.3) is 0 Å². The SMILES string of the molecule is CCCCCCCCCN1CCCCC1CC(C)=O. The lowest BCUT2D eigenvalue weighted by molar-refractivity contribution is -0.118. The van der Waals surface area contributed by atoms with Gasteiger partial charge in [-0.3, -0.25) is 9.69 Å². The van der Waals surface area contributed by atoms with Crippen molar-refractivity contribution in [1.29, 1.82) is 0 Å². The Morgan fingerprint density at radius 2 is 1.74 bits per heavy atom. The summed E-state index contributed by atoms with van der Waals surface area (Å²) in [6.07, 6.45) is 14.3. The lowest BCUT2D eigenvalue weighted by Crippen LogP contribution is -2.41. The number of piperidine rings is 1. The molecular weight excluding hydrogens is 234 g/mol. The second-order valence-electron chi connectivity index (χ2n) is 6.21. The van der Waals surface area contributed by atoms with Crippen molar-refractivity contribution >= 4 is 5.78 Å². The zero-order valence-electron chi connectivity index (χ0n) is 13.1. The molecule has 1 aliphatic heterocycles. The molecule has 1 saturated heterocycles. The van der Waals surface area contributed by atoms with Crippen LogP contribution in [0.5, 0.6) is 0 Å². The van der Waals surface area contributed by atoms with Crippen LogP contribution in [0.25, 0.3) is 0 Å². The fraction of sp³-hybridized carbons (Fsp3) is 0.941. The van der Waals surface area contributed by atoms with Crippen molar-refractivity contribution in [3.8, 4) is 0 Å². The molecule has 0 spiro atoms.